The molecule has 0 spiro atoms. The predicted octanol–water partition coefficient (Wildman–Crippen LogP) is 4.34. The zero-order valence-corrected chi connectivity index (χ0v) is 18.3. The van der Waals surface area contributed by atoms with Crippen molar-refractivity contribution in [3.63, 3.8) is 0 Å². The summed E-state index contributed by atoms with van der Waals surface area (Å²) in [5.41, 5.74) is -0.0888. The molecule has 0 saturated carbocycles. The lowest BCUT2D eigenvalue weighted by molar-refractivity contribution is 0.217. The van der Waals surface area contributed by atoms with Crippen LogP contribution in [-0.2, 0) is 19.0 Å². The Kier molecular flexibility index (Phi) is 7.03. The molecule has 3 aromatic carbocycles. The first kappa shape index (κ1) is 22.8. The molecule has 0 N–H and O–H groups in total. The van der Waals surface area contributed by atoms with Gasteiger partial charge in [-0.05, 0) is 19.1 Å². The van der Waals surface area contributed by atoms with Gasteiger partial charge in [0.15, 0.2) is 0 Å². The van der Waals surface area contributed by atoms with Crippen molar-refractivity contribution in [2.24, 2.45) is 5.16 Å². The van der Waals surface area contributed by atoms with Crippen LogP contribution in [0.2, 0.25) is 0 Å². The molecule has 3 rings (SSSR count). The number of benzene rings is 3. The quantitative estimate of drug-likeness (QED) is 0.283. The largest absolute Gasteiger partial charge is 0.358 e. The molecule has 0 atom stereocenters. The van der Waals surface area contributed by atoms with Gasteiger partial charge in [-0.3, -0.25) is 4.28 Å². The monoisotopic (exact) mass is 463 g/mol. The minimum absolute atomic E-state index is 0.218. The summed E-state index contributed by atoms with van der Waals surface area (Å²) in [5, 5.41) is 3.95. The number of oxime groups is 1. The molecule has 162 valence electrons. The molecule has 0 aliphatic carbocycles. The van der Waals surface area contributed by atoms with Crippen LogP contribution in [-0.4, -0.2) is 26.7 Å². The smallest absolute Gasteiger partial charge is 0.313 e. The fraction of sp³-hybridized carbons (Fsp3) is 0.136. The molecule has 0 bridgehead atoms. The zero-order chi connectivity index (χ0) is 22.5. The van der Waals surface area contributed by atoms with E-state index in [4.69, 9.17) is 0 Å². The van der Waals surface area contributed by atoms with Crippen LogP contribution in [0.4, 0.5) is 8.78 Å². The molecule has 0 aliphatic heterocycles. The van der Waals surface area contributed by atoms with E-state index in [1.807, 2.05) is 0 Å². The molecular formula is C22H20F2NO4PS. The Labute approximate surface area is 179 Å². The summed E-state index contributed by atoms with van der Waals surface area (Å²) >= 11 is 0. The van der Waals surface area contributed by atoms with Gasteiger partial charge in [0.1, 0.15) is 17.7 Å². The number of aryl methyl sites for hydroxylation is 1. The standard InChI is InChI=1S/C22H20F2NO4PS/c1-17-12-14-20(15-13-17)31(27,28)29-25-21(22(23)24)16-30(26,18-8-4-2-5-9-18)19-10-6-3-7-11-19/h2-15,22H,16H2,1H3/b25-21+. The van der Waals surface area contributed by atoms with Gasteiger partial charge in [-0.25, -0.2) is 8.78 Å². The van der Waals surface area contributed by atoms with Crippen LogP contribution < -0.4 is 10.6 Å². The molecule has 0 aliphatic rings. The van der Waals surface area contributed by atoms with Crippen LogP contribution in [0.5, 0.6) is 0 Å². The van der Waals surface area contributed by atoms with Crippen molar-refractivity contribution < 1.29 is 26.0 Å². The van der Waals surface area contributed by atoms with Crippen LogP contribution >= 0.6 is 7.14 Å². The van der Waals surface area contributed by atoms with E-state index in [1.165, 1.54) is 12.1 Å². The first-order valence-electron chi connectivity index (χ1n) is 9.28. The van der Waals surface area contributed by atoms with E-state index in [0.29, 0.717) is 10.6 Å². The molecule has 0 saturated heterocycles. The fourth-order valence-electron chi connectivity index (χ4n) is 2.88. The summed E-state index contributed by atoms with van der Waals surface area (Å²) in [6.07, 6.45) is -3.82. The van der Waals surface area contributed by atoms with Crippen LogP contribution in [0.1, 0.15) is 5.56 Å². The molecule has 9 heteroatoms. The molecule has 0 fully saturated rings. The maximum atomic E-state index is 13.9. The van der Waals surface area contributed by atoms with Crippen LogP contribution in [0.25, 0.3) is 0 Å². The average Bonchev–Trinajstić information content (AvgIpc) is 2.78. The number of rotatable bonds is 8. The molecular weight excluding hydrogens is 443 g/mol. The highest BCUT2D eigenvalue weighted by atomic mass is 32.2. The van der Waals surface area contributed by atoms with Gasteiger partial charge >= 0.3 is 10.1 Å². The van der Waals surface area contributed by atoms with Gasteiger partial charge in [0.2, 0.25) is 0 Å². The van der Waals surface area contributed by atoms with Crippen LogP contribution in [0, 0.1) is 6.92 Å². The molecule has 5 nitrogen and oxygen atoms in total. The minimum Gasteiger partial charge on any atom is -0.313 e. The minimum atomic E-state index is -4.40. The molecule has 0 heterocycles. The topological polar surface area (TPSA) is 72.8 Å². The lowest BCUT2D eigenvalue weighted by atomic mass is 10.2. The number of nitrogens with zero attached hydrogens (tertiary/aromatic N) is 1. The van der Waals surface area contributed by atoms with Gasteiger partial charge in [0.25, 0.3) is 6.43 Å². The highest BCUT2D eigenvalue weighted by molar-refractivity contribution is 7.86. The zero-order valence-electron chi connectivity index (χ0n) is 16.6. The van der Waals surface area contributed by atoms with Crippen LogP contribution in [0.3, 0.4) is 0 Å². The first-order valence-corrected chi connectivity index (χ1v) is 12.6. The normalized spacial score (nSPS) is 12.7. The van der Waals surface area contributed by atoms with E-state index in [1.54, 1.807) is 79.7 Å². The molecule has 3 aromatic rings. The van der Waals surface area contributed by atoms with E-state index < -0.39 is 35.6 Å². The molecule has 0 aromatic heterocycles. The van der Waals surface area contributed by atoms with E-state index in [9.17, 15) is 21.8 Å². The average molecular weight is 463 g/mol. The highest BCUT2D eigenvalue weighted by Gasteiger charge is 2.33. The van der Waals surface area contributed by atoms with Gasteiger partial charge in [0.05, 0.1) is 6.16 Å². The summed E-state index contributed by atoms with van der Waals surface area (Å²) < 4.78 is 70.7. The number of hydrogen-bond acceptors (Lipinski definition) is 5. The number of alkyl halides is 2. The molecule has 31 heavy (non-hydrogen) atoms. The van der Waals surface area contributed by atoms with Crippen molar-refractivity contribution in [1.82, 2.24) is 0 Å². The molecule has 0 amide bonds. The summed E-state index contributed by atoms with van der Waals surface area (Å²) in [4.78, 5) is -0.218. The second-order valence-corrected chi connectivity index (χ2v) is 11.2. The van der Waals surface area contributed by atoms with Crippen molar-refractivity contribution in [1.29, 1.82) is 0 Å². The SMILES string of the molecule is Cc1ccc(S(=O)(=O)O/N=C(\CP(=O)(c2ccccc2)c2ccccc2)C(F)F)cc1. The Morgan fingerprint density at radius 2 is 1.39 bits per heavy atom. The number of halogens is 2. The van der Waals surface area contributed by atoms with Gasteiger partial charge in [-0.1, -0.05) is 83.5 Å². The lowest BCUT2D eigenvalue weighted by Gasteiger charge is -2.20. The van der Waals surface area contributed by atoms with Gasteiger partial charge in [0, 0.05) is 10.6 Å². The third-order valence-corrected chi connectivity index (χ3v) is 8.70. The first-order chi connectivity index (χ1) is 14.7. The highest BCUT2D eigenvalue weighted by Crippen LogP contribution is 2.43. The van der Waals surface area contributed by atoms with Crippen LogP contribution in [0.15, 0.2) is 95.0 Å². The Bertz CT molecular complexity index is 1160. The van der Waals surface area contributed by atoms with Crippen molar-refractivity contribution in [3.8, 4) is 0 Å². The Morgan fingerprint density at radius 3 is 1.84 bits per heavy atom. The van der Waals surface area contributed by atoms with Crippen molar-refractivity contribution in [3.05, 3.63) is 90.5 Å². The second kappa shape index (κ2) is 9.54. The third kappa shape index (κ3) is 5.46. The summed E-state index contributed by atoms with van der Waals surface area (Å²) in [7, 11) is -7.98. The van der Waals surface area contributed by atoms with E-state index >= 15 is 0 Å². The van der Waals surface area contributed by atoms with E-state index in [0.717, 1.165) is 5.56 Å². The van der Waals surface area contributed by atoms with Crippen molar-refractivity contribution in [2.45, 2.75) is 18.2 Å². The summed E-state index contributed by atoms with van der Waals surface area (Å²) in [5.74, 6) is 0. The van der Waals surface area contributed by atoms with Gasteiger partial charge in [-0.2, -0.15) is 8.42 Å². The Morgan fingerprint density at radius 1 is 0.903 bits per heavy atom. The van der Waals surface area contributed by atoms with Gasteiger partial charge < -0.3 is 4.57 Å². The van der Waals surface area contributed by atoms with E-state index in [2.05, 4.69) is 9.44 Å². The maximum Gasteiger partial charge on any atom is 0.358 e. The van der Waals surface area contributed by atoms with Crippen molar-refractivity contribution >= 4 is 33.6 Å². The molecule has 0 unspecified atom stereocenters. The summed E-state index contributed by atoms with van der Waals surface area (Å²) in [6, 6.07) is 22.1. The second-order valence-electron chi connectivity index (χ2n) is 6.79. The maximum absolute atomic E-state index is 13.9. The third-order valence-electron chi connectivity index (χ3n) is 4.55. The van der Waals surface area contributed by atoms with Crippen molar-refractivity contribution in [2.75, 3.05) is 6.16 Å². The predicted molar refractivity (Wildman–Crippen MR) is 118 cm³/mol. The molecule has 0 radical (unpaired) electrons. The van der Waals surface area contributed by atoms with E-state index in [-0.39, 0.29) is 4.90 Å². The number of hydrogen-bond donors (Lipinski definition) is 0. The summed E-state index contributed by atoms with van der Waals surface area (Å²) in [6.45, 7) is 1.77. The Hall–Kier alpha value is -2.83. The lowest BCUT2D eigenvalue weighted by Crippen LogP contribution is -2.26. The Balaban J connectivity index is 1.98. The van der Waals surface area contributed by atoms with Gasteiger partial charge in [-0.15, -0.1) is 0 Å². The fourth-order valence-corrected chi connectivity index (χ4v) is 6.25.